The third-order valence-electron chi connectivity index (χ3n) is 8.32. The summed E-state index contributed by atoms with van der Waals surface area (Å²) in [6.07, 6.45) is 4.01. The molecule has 218 valence electrons. The summed E-state index contributed by atoms with van der Waals surface area (Å²) in [7, 11) is 2.12. The number of anilines is 1. The summed E-state index contributed by atoms with van der Waals surface area (Å²) >= 11 is 6.85. The first-order valence-electron chi connectivity index (χ1n) is 14.3. The number of carbonyl (C=O) groups excluding carboxylic acids is 1. The molecule has 7 rings (SSSR count). The van der Waals surface area contributed by atoms with Crippen molar-refractivity contribution in [3.63, 3.8) is 0 Å². The number of likely N-dealkylation sites (N-methyl/N-ethyl adjacent to an activating group) is 1. The van der Waals surface area contributed by atoms with Crippen LogP contribution in [0.5, 0.6) is 11.8 Å². The number of carbonyl (C=O) groups is 1. The van der Waals surface area contributed by atoms with Crippen LogP contribution in [-0.4, -0.2) is 80.6 Å². The highest BCUT2D eigenvalue weighted by atomic mass is 35.5. The van der Waals surface area contributed by atoms with Gasteiger partial charge in [-0.1, -0.05) is 30.3 Å². The molecule has 5 heterocycles. The Morgan fingerprint density at radius 1 is 1.07 bits per heavy atom. The molecule has 2 aliphatic heterocycles. The monoisotopic (exact) mass is 594 g/mol. The van der Waals surface area contributed by atoms with Crippen LogP contribution in [0.25, 0.3) is 33.2 Å². The molecule has 3 aromatic heterocycles. The molecule has 1 amide bonds. The number of piperazine rings is 1. The number of nitrogens with zero attached hydrogens (tertiary/aromatic N) is 7. The molecule has 0 radical (unpaired) electrons. The average Bonchev–Trinajstić information content (AvgIpc) is 3.48. The number of aromatic amines is 1. The van der Waals surface area contributed by atoms with Gasteiger partial charge in [-0.2, -0.15) is 15.1 Å². The SMILES string of the molecule is C=CC(=O)N1CCN(c2nc(Oc3cccc4c3CCN(C)C4)nc3nc(-c4c(Cl)c(C)cc5[nH]ncc45)ccc23)CC1. The topological polar surface area (TPSA) is 103 Å². The zero-order valence-corrected chi connectivity index (χ0v) is 24.9. The largest absolute Gasteiger partial charge is 0.424 e. The van der Waals surface area contributed by atoms with E-state index in [0.717, 1.165) is 58.5 Å². The molecule has 43 heavy (non-hydrogen) atoms. The molecule has 1 saturated heterocycles. The number of pyridine rings is 1. The van der Waals surface area contributed by atoms with Crippen molar-refractivity contribution < 1.29 is 9.53 Å². The summed E-state index contributed by atoms with van der Waals surface area (Å²) in [5.41, 5.74) is 6.22. The zero-order valence-electron chi connectivity index (χ0n) is 24.1. The van der Waals surface area contributed by atoms with E-state index in [-0.39, 0.29) is 11.9 Å². The fourth-order valence-electron chi connectivity index (χ4n) is 6.03. The second-order valence-corrected chi connectivity index (χ2v) is 11.5. The van der Waals surface area contributed by atoms with Gasteiger partial charge in [0.15, 0.2) is 5.65 Å². The van der Waals surface area contributed by atoms with E-state index in [1.54, 1.807) is 11.1 Å². The summed E-state index contributed by atoms with van der Waals surface area (Å²) in [6.45, 7) is 9.77. The smallest absolute Gasteiger partial charge is 0.326 e. The summed E-state index contributed by atoms with van der Waals surface area (Å²) in [5, 5.41) is 9.57. The predicted molar refractivity (Wildman–Crippen MR) is 168 cm³/mol. The Balaban J connectivity index is 1.34. The first-order valence-corrected chi connectivity index (χ1v) is 14.7. The highest BCUT2D eigenvalue weighted by Gasteiger charge is 2.25. The van der Waals surface area contributed by atoms with Gasteiger partial charge in [0.1, 0.15) is 11.6 Å². The van der Waals surface area contributed by atoms with Crippen molar-refractivity contribution in [3.05, 3.63) is 77.0 Å². The number of benzene rings is 2. The lowest BCUT2D eigenvalue weighted by molar-refractivity contribution is -0.126. The molecule has 0 saturated carbocycles. The number of halogens is 1. The maximum atomic E-state index is 12.2. The number of amides is 1. The lowest BCUT2D eigenvalue weighted by atomic mass is 9.99. The number of nitrogens with one attached hydrogen (secondary N) is 1. The van der Waals surface area contributed by atoms with E-state index >= 15 is 0 Å². The molecule has 2 aromatic carbocycles. The Labute approximate surface area is 254 Å². The van der Waals surface area contributed by atoms with Gasteiger partial charge in [0.2, 0.25) is 5.91 Å². The van der Waals surface area contributed by atoms with Crippen LogP contribution in [0, 0.1) is 6.92 Å². The predicted octanol–water partition coefficient (Wildman–Crippen LogP) is 5.14. The van der Waals surface area contributed by atoms with Crippen molar-refractivity contribution in [1.82, 2.24) is 34.9 Å². The minimum Gasteiger partial charge on any atom is -0.424 e. The van der Waals surface area contributed by atoms with Crippen LogP contribution >= 0.6 is 11.6 Å². The minimum atomic E-state index is -0.0670. The van der Waals surface area contributed by atoms with E-state index in [1.807, 2.05) is 37.3 Å². The van der Waals surface area contributed by atoms with E-state index < -0.39 is 0 Å². The summed E-state index contributed by atoms with van der Waals surface area (Å²) < 4.78 is 6.45. The number of ether oxygens (including phenoxy) is 1. The molecular weight excluding hydrogens is 564 g/mol. The van der Waals surface area contributed by atoms with Crippen LogP contribution in [0.1, 0.15) is 16.7 Å². The van der Waals surface area contributed by atoms with Gasteiger partial charge in [0, 0.05) is 55.8 Å². The Bertz CT molecular complexity index is 1900. The molecule has 2 aliphatic rings. The Morgan fingerprint density at radius 3 is 2.72 bits per heavy atom. The number of hydrogen-bond donors (Lipinski definition) is 1. The molecule has 5 aromatic rings. The molecule has 0 atom stereocenters. The van der Waals surface area contributed by atoms with Crippen molar-refractivity contribution in [2.75, 3.05) is 44.7 Å². The van der Waals surface area contributed by atoms with Crippen molar-refractivity contribution >= 4 is 45.3 Å². The fourth-order valence-corrected chi connectivity index (χ4v) is 6.28. The quantitative estimate of drug-likeness (QED) is 0.279. The van der Waals surface area contributed by atoms with Crippen LogP contribution < -0.4 is 9.64 Å². The van der Waals surface area contributed by atoms with Gasteiger partial charge in [-0.25, -0.2) is 4.98 Å². The number of fused-ring (bicyclic) bond motifs is 3. The normalized spacial score (nSPS) is 15.6. The number of aryl methyl sites for hydroxylation is 1. The number of rotatable bonds is 5. The standard InChI is InChI=1S/C32H31ClN8O2/c1-4-27(42)40-12-14-41(15-13-40)31-22-8-9-24(28-23-17-34-38-25(23)16-19(2)29(28)33)35-30(22)36-32(37-31)43-26-7-5-6-20-18-39(3)11-10-21(20)26/h4-9,16-17H,1,10-15,18H2,2-3H3,(H,34,38). The van der Waals surface area contributed by atoms with Crippen LogP contribution in [0.3, 0.4) is 0 Å². The Kier molecular flexibility index (Phi) is 6.95. The lowest BCUT2D eigenvalue weighted by Crippen LogP contribution is -2.48. The average molecular weight is 595 g/mol. The Morgan fingerprint density at radius 2 is 1.91 bits per heavy atom. The van der Waals surface area contributed by atoms with Crippen LogP contribution in [0.15, 0.2) is 55.3 Å². The van der Waals surface area contributed by atoms with Crippen LogP contribution in [-0.2, 0) is 17.8 Å². The van der Waals surface area contributed by atoms with Gasteiger partial charge in [-0.15, -0.1) is 0 Å². The highest BCUT2D eigenvalue weighted by molar-refractivity contribution is 6.35. The van der Waals surface area contributed by atoms with E-state index in [1.165, 1.54) is 17.2 Å². The highest BCUT2D eigenvalue weighted by Crippen LogP contribution is 2.38. The van der Waals surface area contributed by atoms with Gasteiger partial charge in [0.25, 0.3) is 0 Å². The summed E-state index contributed by atoms with van der Waals surface area (Å²) in [5.74, 6) is 1.41. The molecule has 11 heteroatoms. The number of aromatic nitrogens is 5. The third kappa shape index (κ3) is 4.96. The molecule has 0 aliphatic carbocycles. The number of hydrogen-bond acceptors (Lipinski definition) is 8. The Hall–Kier alpha value is -4.54. The molecule has 1 fully saturated rings. The zero-order chi connectivity index (χ0) is 29.7. The van der Waals surface area contributed by atoms with E-state index in [4.69, 9.17) is 31.3 Å². The third-order valence-corrected chi connectivity index (χ3v) is 8.81. The van der Waals surface area contributed by atoms with Crippen molar-refractivity contribution in [2.45, 2.75) is 19.9 Å². The molecule has 0 bridgehead atoms. The fraction of sp³-hybridized carbons (Fsp3) is 0.281. The number of H-pyrrole nitrogens is 1. The molecule has 0 unspecified atom stereocenters. The van der Waals surface area contributed by atoms with E-state index in [2.05, 4.69) is 39.7 Å². The molecular formula is C32H31ClN8O2. The first kappa shape index (κ1) is 27.3. The van der Waals surface area contributed by atoms with Crippen molar-refractivity contribution in [2.24, 2.45) is 0 Å². The lowest BCUT2D eigenvalue weighted by Gasteiger charge is -2.35. The van der Waals surface area contributed by atoms with Gasteiger partial charge in [-0.05, 0) is 61.9 Å². The molecule has 1 N–H and O–H groups in total. The van der Waals surface area contributed by atoms with Gasteiger partial charge in [-0.3, -0.25) is 9.89 Å². The minimum absolute atomic E-state index is 0.0670. The van der Waals surface area contributed by atoms with Crippen LogP contribution in [0.4, 0.5) is 5.82 Å². The van der Waals surface area contributed by atoms with E-state index in [9.17, 15) is 4.79 Å². The van der Waals surface area contributed by atoms with Crippen molar-refractivity contribution in [3.8, 4) is 23.0 Å². The maximum absolute atomic E-state index is 12.2. The summed E-state index contributed by atoms with van der Waals surface area (Å²) in [4.78, 5) is 33.3. The first-order chi connectivity index (χ1) is 20.9. The van der Waals surface area contributed by atoms with E-state index in [0.29, 0.717) is 42.5 Å². The van der Waals surface area contributed by atoms with Gasteiger partial charge < -0.3 is 19.4 Å². The molecule has 10 nitrogen and oxygen atoms in total. The van der Waals surface area contributed by atoms with Gasteiger partial charge >= 0.3 is 6.01 Å². The second kappa shape index (κ2) is 10.9. The summed E-state index contributed by atoms with van der Waals surface area (Å²) in [6, 6.07) is 12.3. The van der Waals surface area contributed by atoms with Crippen molar-refractivity contribution in [1.29, 1.82) is 0 Å². The molecule has 0 spiro atoms. The van der Waals surface area contributed by atoms with Gasteiger partial charge in [0.05, 0.1) is 27.8 Å². The maximum Gasteiger partial charge on any atom is 0.326 e. The second-order valence-electron chi connectivity index (χ2n) is 11.1. The van der Waals surface area contributed by atoms with Crippen LogP contribution in [0.2, 0.25) is 5.02 Å².